The number of aryl methyl sites for hydroxylation is 1. The molecule has 0 atom stereocenters. The summed E-state index contributed by atoms with van der Waals surface area (Å²) >= 11 is 3.26. The number of aromatic nitrogens is 1. The van der Waals surface area contributed by atoms with Crippen LogP contribution in [0.3, 0.4) is 0 Å². The van der Waals surface area contributed by atoms with Crippen LogP contribution in [0.2, 0.25) is 0 Å². The van der Waals surface area contributed by atoms with Crippen LogP contribution in [-0.4, -0.2) is 4.98 Å². The molecule has 18 heavy (non-hydrogen) atoms. The Morgan fingerprint density at radius 3 is 2.67 bits per heavy atom. The van der Waals surface area contributed by atoms with Crippen LogP contribution in [0.1, 0.15) is 5.56 Å². The molecule has 94 valence electrons. The molecule has 0 aliphatic rings. The lowest BCUT2D eigenvalue weighted by Crippen LogP contribution is -2.00. The van der Waals surface area contributed by atoms with E-state index in [1.54, 1.807) is 6.07 Å². The molecule has 1 aromatic carbocycles. The van der Waals surface area contributed by atoms with E-state index in [2.05, 4.69) is 26.2 Å². The first-order valence-corrected chi connectivity index (χ1v) is 5.81. The van der Waals surface area contributed by atoms with Gasteiger partial charge in [-0.25, -0.2) is 18.2 Å². The van der Waals surface area contributed by atoms with Crippen molar-refractivity contribution in [1.82, 2.24) is 4.98 Å². The number of nitrogens with one attached hydrogen (secondary N) is 1. The fourth-order valence-corrected chi connectivity index (χ4v) is 1.74. The van der Waals surface area contributed by atoms with Gasteiger partial charge in [0.25, 0.3) is 0 Å². The van der Waals surface area contributed by atoms with Gasteiger partial charge in [0, 0.05) is 18.3 Å². The van der Waals surface area contributed by atoms with Gasteiger partial charge in [-0.3, -0.25) is 0 Å². The monoisotopic (exact) mass is 316 g/mol. The fraction of sp³-hybridized carbons (Fsp3) is 0.0833. The van der Waals surface area contributed by atoms with E-state index < -0.39 is 17.5 Å². The van der Waals surface area contributed by atoms with Crippen molar-refractivity contribution in [2.24, 2.45) is 0 Å². The SMILES string of the molecule is Cc1ccnc(Nc2cc(F)cc(F)c2F)c1Br. The lowest BCUT2D eigenvalue weighted by Gasteiger charge is -2.10. The van der Waals surface area contributed by atoms with Gasteiger partial charge in [-0.2, -0.15) is 0 Å². The molecule has 2 rings (SSSR count). The van der Waals surface area contributed by atoms with Crippen molar-refractivity contribution in [2.75, 3.05) is 5.32 Å². The van der Waals surface area contributed by atoms with E-state index in [4.69, 9.17) is 0 Å². The second-order valence-corrected chi connectivity index (χ2v) is 4.46. The summed E-state index contributed by atoms with van der Waals surface area (Å²) < 4.78 is 40.1. The summed E-state index contributed by atoms with van der Waals surface area (Å²) in [5, 5.41) is 2.55. The van der Waals surface area contributed by atoms with Crippen LogP contribution in [-0.2, 0) is 0 Å². The minimum absolute atomic E-state index is 0.291. The second-order valence-electron chi connectivity index (χ2n) is 3.66. The lowest BCUT2D eigenvalue weighted by atomic mass is 10.2. The molecule has 0 aliphatic heterocycles. The first-order valence-electron chi connectivity index (χ1n) is 5.01. The fourth-order valence-electron chi connectivity index (χ4n) is 1.40. The van der Waals surface area contributed by atoms with Crippen molar-refractivity contribution >= 4 is 27.4 Å². The van der Waals surface area contributed by atoms with E-state index in [9.17, 15) is 13.2 Å². The van der Waals surface area contributed by atoms with Gasteiger partial charge < -0.3 is 5.32 Å². The summed E-state index contributed by atoms with van der Waals surface area (Å²) in [6, 6.07) is 3.10. The molecular formula is C12H8BrF3N2. The van der Waals surface area contributed by atoms with E-state index >= 15 is 0 Å². The molecule has 0 bridgehead atoms. The average Bonchev–Trinajstić information content (AvgIpc) is 2.31. The maximum absolute atomic E-state index is 13.5. The van der Waals surface area contributed by atoms with Gasteiger partial charge in [-0.05, 0) is 34.5 Å². The third-order valence-corrected chi connectivity index (χ3v) is 3.33. The Labute approximate surface area is 110 Å². The molecule has 6 heteroatoms. The van der Waals surface area contributed by atoms with Crippen molar-refractivity contribution in [2.45, 2.75) is 6.92 Å². The summed E-state index contributed by atoms with van der Waals surface area (Å²) in [5.41, 5.74) is 0.566. The van der Waals surface area contributed by atoms with Gasteiger partial charge in [0.05, 0.1) is 10.2 Å². The van der Waals surface area contributed by atoms with E-state index in [0.717, 1.165) is 11.6 Å². The highest BCUT2D eigenvalue weighted by Crippen LogP contribution is 2.28. The third-order valence-electron chi connectivity index (χ3n) is 2.33. The number of pyridine rings is 1. The van der Waals surface area contributed by atoms with E-state index in [-0.39, 0.29) is 5.69 Å². The summed E-state index contributed by atoms with van der Waals surface area (Å²) in [6.07, 6.45) is 1.51. The third kappa shape index (κ3) is 2.48. The minimum Gasteiger partial charge on any atom is -0.337 e. The van der Waals surface area contributed by atoms with Crippen LogP contribution in [0.25, 0.3) is 0 Å². The molecular weight excluding hydrogens is 309 g/mol. The molecule has 1 aromatic heterocycles. The van der Waals surface area contributed by atoms with Gasteiger partial charge in [0.2, 0.25) is 0 Å². The lowest BCUT2D eigenvalue weighted by molar-refractivity contribution is 0.498. The largest absolute Gasteiger partial charge is 0.337 e. The van der Waals surface area contributed by atoms with E-state index in [0.29, 0.717) is 16.4 Å². The number of anilines is 2. The topological polar surface area (TPSA) is 24.9 Å². The molecule has 0 spiro atoms. The van der Waals surface area contributed by atoms with Gasteiger partial charge in [0.15, 0.2) is 11.6 Å². The second kappa shape index (κ2) is 4.97. The highest BCUT2D eigenvalue weighted by atomic mass is 79.9. The zero-order chi connectivity index (χ0) is 13.3. The van der Waals surface area contributed by atoms with Crippen LogP contribution in [0.5, 0.6) is 0 Å². The van der Waals surface area contributed by atoms with Crippen molar-refractivity contribution in [1.29, 1.82) is 0 Å². The summed E-state index contributed by atoms with van der Waals surface area (Å²) in [6.45, 7) is 1.82. The molecule has 1 N–H and O–H groups in total. The molecule has 0 amide bonds. The Kier molecular flexibility index (Phi) is 3.56. The normalized spacial score (nSPS) is 10.5. The predicted molar refractivity (Wildman–Crippen MR) is 66.3 cm³/mol. The number of hydrogen-bond acceptors (Lipinski definition) is 2. The Morgan fingerprint density at radius 1 is 1.22 bits per heavy atom. The van der Waals surface area contributed by atoms with Gasteiger partial charge in [-0.15, -0.1) is 0 Å². The molecule has 0 fully saturated rings. The quantitative estimate of drug-likeness (QED) is 0.835. The van der Waals surface area contributed by atoms with Crippen LogP contribution in [0.4, 0.5) is 24.7 Å². The highest BCUT2D eigenvalue weighted by molar-refractivity contribution is 9.10. The van der Waals surface area contributed by atoms with Crippen LogP contribution >= 0.6 is 15.9 Å². The predicted octanol–water partition coefficient (Wildman–Crippen LogP) is 4.31. The van der Waals surface area contributed by atoms with Gasteiger partial charge in [-0.1, -0.05) is 0 Å². The van der Waals surface area contributed by atoms with E-state index in [1.807, 2.05) is 6.92 Å². The molecule has 0 aliphatic carbocycles. The number of nitrogens with zero attached hydrogens (tertiary/aromatic N) is 1. The molecule has 2 aromatic rings. The zero-order valence-electron chi connectivity index (χ0n) is 9.27. The average molecular weight is 317 g/mol. The first-order chi connectivity index (χ1) is 8.49. The number of halogens is 4. The van der Waals surface area contributed by atoms with Gasteiger partial charge in [0.1, 0.15) is 11.6 Å². The molecule has 0 saturated carbocycles. The number of hydrogen-bond donors (Lipinski definition) is 1. The molecule has 2 nitrogen and oxygen atoms in total. The number of rotatable bonds is 2. The molecule has 1 heterocycles. The Bertz CT molecular complexity index is 602. The maximum atomic E-state index is 13.5. The molecule has 0 unspecified atom stereocenters. The Morgan fingerprint density at radius 2 is 1.94 bits per heavy atom. The minimum atomic E-state index is -1.25. The van der Waals surface area contributed by atoms with Crippen molar-refractivity contribution in [3.63, 3.8) is 0 Å². The van der Waals surface area contributed by atoms with Crippen molar-refractivity contribution in [3.8, 4) is 0 Å². The van der Waals surface area contributed by atoms with Crippen LogP contribution < -0.4 is 5.32 Å². The Balaban J connectivity index is 2.43. The summed E-state index contributed by atoms with van der Waals surface area (Å²) in [7, 11) is 0. The van der Waals surface area contributed by atoms with Crippen LogP contribution in [0.15, 0.2) is 28.9 Å². The van der Waals surface area contributed by atoms with E-state index in [1.165, 1.54) is 6.20 Å². The summed E-state index contributed by atoms with van der Waals surface area (Å²) in [4.78, 5) is 3.97. The highest BCUT2D eigenvalue weighted by Gasteiger charge is 2.13. The summed E-state index contributed by atoms with van der Waals surface area (Å²) in [5.74, 6) is -2.97. The van der Waals surface area contributed by atoms with Crippen LogP contribution in [0, 0.1) is 24.4 Å². The molecule has 0 radical (unpaired) electrons. The molecule has 0 saturated heterocycles. The Hall–Kier alpha value is -1.56. The van der Waals surface area contributed by atoms with Crippen molar-refractivity contribution < 1.29 is 13.2 Å². The first kappa shape index (κ1) is 12.9. The van der Waals surface area contributed by atoms with Gasteiger partial charge >= 0.3 is 0 Å². The smallest absolute Gasteiger partial charge is 0.182 e. The van der Waals surface area contributed by atoms with Crippen molar-refractivity contribution in [3.05, 3.63) is 51.9 Å². The number of benzene rings is 1. The zero-order valence-corrected chi connectivity index (χ0v) is 10.9. The standard InChI is InChI=1S/C12H8BrF3N2/c1-6-2-3-17-12(10(6)13)18-9-5-7(14)4-8(15)11(9)16/h2-5H,1H3,(H,17,18). The maximum Gasteiger partial charge on any atom is 0.182 e.